The van der Waals surface area contributed by atoms with Crippen molar-refractivity contribution in [1.29, 1.82) is 0 Å². The fourth-order valence-electron chi connectivity index (χ4n) is 2.05. The molecule has 0 atom stereocenters. The van der Waals surface area contributed by atoms with Gasteiger partial charge < -0.3 is 10.6 Å². The number of hydrogen-bond acceptors (Lipinski definition) is 5. The van der Waals surface area contributed by atoms with Crippen molar-refractivity contribution >= 4 is 27.9 Å². The summed E-state index contributed by atoms with van der Waals surface area (Å²) in [5, 5.41) is 18.6. The quantitative estimate of drug-likeness (QED) is 0.601. The molecule has 0 bridgehead atoms. The van der Waals surface area contributed by atoms with E-state index in [2.05, 4.69) is 10.6 Å². The van der Waals surface area contributed by atoms with Crippen molar-refractivity contribution in [2.24, 2.45) is 0 Å². The lowest BCUT2D eigenvalue weighted by atomic mass is 10.1. The number of rotatable bonds is 7. The number of amides is 1. The first-order chi connectivity index (χ1) is 10.9. The van der Waals surface area contributed by atoms with Gasteiger partial charge in [-0.05, 0) is 37.1 Å². The lowest BCUT2D eigenvalue weighted by Gasteiger charge is -2.09. The highest BCUT2D eigenvalue weighted by molar-refractivity contribution is 7.13. The number of thiophene rings is 1. The van der Waals surface area contributed by atoms with E-state index >= 15 is 0 Å². The van der Waals surface area contributed by atoms with E-state index in [1.807, 2.05) is 38.1 Å². The van der Waals surface area contributed by atoms with Crippen LogP contribution in [0.4, 0.5) is 10.7 Å². The zero-order chi connectivity index (χ0) is 16.8. The molecule has 1 heterocycles. The van der Waals surface area contributed by atoms with Gasteiger partial charge in [-0.1, -0.05) is 23.5 Å². The van der Waals surface area contributed by atoms with E-state index in [4.69, 9.17) is 0 Å². The van der Waals surface area contributed by atoms with Crippen LogP contribution in [-0.2, 0) is 17.8 Å². The standard InChI is InChI=1S/C16H19N3O3S/c1-11(2)18-15(20)7-12-3-5-14(6-4-12)17-9-13-8-16(19(21)22)23-10-13/h3-6,8,10-11,17H,7,9H2,1-2H3,(H,18,20). The van der Waals surface area contributed by atoms with E-state index in [0.29, 0.717) is 13.0 Å². The second kappa shape index (κ2) is 7.73. The highest BCUT2D eigenvalue weighted by atomic mass is 32.1. The summed E-state index contributed by atoms with van der Waals surface area (Å²) >= 11 is 1.12. The predicted molar refractivity (Wildman–Crippen MR) is 91.7 cm³/mol. The number of carbonyl (C=O) groups is 1. The number of nitrogens with zero attached hydrogens (tertiary/aromatic N) is 1. The number of nitro groups is 1. The molecule has 2 aromatic rings. The third kappa shape index (κ3) is 5.37. The monoisotopic (exact) mass is 333 g/mol. The van der Waals surface area contributed by atoms with Crippen LogP contribution in [0.3, 0.4) is 0 Å². The number of hydrogen-bond donors (Lipinski definition) is 2. The second-order valence-electron chi connectivity index (χ2n) is 5.50. The molecule has 0 aliphatic heterocycles. The minimum absolute atomic E-state index is 0.00583. The van der Waals surface area contributed by atoms with Crippen LogP contribution in [0.5, 0.6) is 0 Å². The van der Waals surface area contributed by atoms with Crippen molar-refractivity contribution in [2.75, 3.05) is 5.32 Å². The summed E-state index contributed by atoms with van der Waals surface area (Å²) in [7, 11) is 0. The van der Waals surface area contributed by atoms with Crippen molar-refractivity contribution in [1.82, 2.24) is 5.32 Å². The Balaban J connectivity index is 1.87. The molecule has 23 heavy (non-hydrogen) atoms. The second-order valence-corrected chi connectivity index (χ2v) is 6.39. The summed E-state index contributed by atoms with van der Waals surface area (Å²) in [4.78, 5) is 22.0. The minimum atomic E-state index is -0.384. The van der Waals surface area contributed by atoms with Gasteiger partial charge in [0.25, 0.3) is 0 Å². The summed E-state index contributed by atoms with van der Waals surface area (Å²) in [6.07, 6.45) is 0.356. The molecule has 6 nitrogen and oxygen atoms in total. The van der Waals surface area contributed by atoms with Gasteiger partial charge in [-0.15, -0.1) is 0 Å². The average Bonchev–Trinajstić information content (AvgIpc) is 2.95. The molecule has 0 fully saturated rings. The molecular weight excluding hydrogens is 314 g/mol. The molecular formula is C16H19N3O3S. The molecule has 0 unspecified atom stereocenters. The first kappa shape index (κ1) is 17.0. The molecule has 1 aromatic carbocycles. The molecule has 122 valence electrons. The van der Waals surface area contributed by atoms with Gasteiger partial charge in [-0.3, -0.25) is 14.9 Å². The van der Waals surface area contributed by atoms with E-state index in [1.54, 1.807) is 11.4 Å². The van der Waals surface area contributed by atoms with Gasteiger partial charge in [0.2, 0.25) is 5.91 Å². The largest absolute Gasteiger partial charge is 0.381 e. The smallest absolute Gasteiger partial charge is 0.324 e. The maximum absolute atomic E-state index is 11.7. The Hall–Kier alpha value is -2.41. The maximum atomic E-state index is 11.7. The summed E-state index contributed by atoms with van der Waals surface area (Å²) in [5.74, 6) is 0.00583. The van der Waals surface area contributed by atoms with Crippen LogP contribution in [0.2, 0.25) is 0 Å². The minimum Gasteiger partial charge on any atom is -0.381 e. The summed E-state index contributed by atoms with van der Waals surface area (Å²) in [5.41, 5.74) is 2.73. The van der Waals surface area contributed by atoms with Gasteiger partial charge in [0.1, 0.15) is 0 Å². The van der Waals surface area contributed by atoms with Crippen molar-refractivity contribution in [3.63, 3.8) is 0 Å². The summed E-state index contributed by atoms with van der Waals surface area (Å²) in [6.45, 7) is 4.39. The Kier molecular flexibility index (Phi) is 5.70. The zero-order valence-corrected chi connectivity index (χ0v) is 13.9. The Labute approximate surface area is 138 Å². The summed E-state index contributed by atoms with van der Waals surface area (Å²) < 4.78 is 0. The van der Waals surface area contributed by atoms with Crippen LogP contribution < -0.4 is 10.6 Å². The lowest BCUT2D eigenvalue weighted by Crippen LogP contribution is -2.31. The van der Waals surface area contributed by atoms with E-state index in [9.17, 15) is 14.9 Å². The molecule has 1 aromatic heterocycles. The molecule has 0 saturated carbocycles. The molecule has 0 radical (unpaired) electrons. The SMILES string of the molecule is CC(C)NC(=O)Cc1ccc(NCc2csc([N+](=O)[O-])c2)cc1. The van der Waals surface area contributed by atoms with Gasteiger partial charge in [0.15, 0.2) is 0 Å². The molecule has 0 spiro atoms. The Morgan fingerprint density at radius 1 is 1.26 bits per heavy atom. The van der Waals surface area contributed by atoms with Gasteiger partial charge in [0.05, 0.1) is 11.3 Å². The van der Waals surface area contributed by atoms with Crippen LogP contribution in [0.25, 0.3) is 0 Å². The van der Waals surface area contributed by atoms with E-state index in [-0.39, 0.29) is 21.9 Å². The maximum Gasteiger partial charge on any atom is 0.324 e. The van der Waals surface area contributed by atoms with Crippen LogP contribution in [0, 0.1) is 10.1 Å². The number of benzene rings is 1. The Bertz CT molecular complexity index is 680. The molecule has 0 aliphatic carbocycles. The zero-order valence-electron chi connectivity index (χ0n) is 13.0. The van der Waals surface area contributed by atoms with Crippen LogP contribution in [-0.4, -0.2) is 16.9 Å². The van der Waals surface area contributed by atoms with Crippen molar-refractivity contribution in [2.45, 2.75) is 32.9 Å². The number of anilines is 1. The first-order valence-electron chi connectivity index (χ1n) is 7.28. The molecule has 2 rings (SSSR count). The molecule has 1 amide bonds. The number of carbonyl (C=O) groups excluding carboxylic acids is 1. The Morgan fingerprint density at radius 3 is 2.52 bits per heavy atom. The number of nitrogens with one attached hydrogen (secondary N) is 2. The van der Waals surface area contributed by atoms with Gasteiger partial charge in [-0.25, -0.2) is 0 Å². The van der Waals surface area contributed by atoms with Gasteiger partial charge in [-0.2, -0.15) is 0 Å². The van der Waals surface area contributed by atoms with Crippen molar-refractivity contribution in [3.05, 3.63) is 57.0 Å². The van der Waals surface area contributed by atoms with E-state index < -0.39 is 0 Å². The average molecular weight is 333 g/mol. The predicted octanol–water partition coefficient (Wildman–Crippen LogP) is 3.34. The van der Waals surface area contributed by atoms with Crippen LogP contribution in [0.1, 0.15) is 25.0 Å². The van der Waals surface area contributed by atoms with Crippen molar-refractivity contribution in [3.8, 4) is 0 Å². The molecule has 2 N–H and O–H groups in total. The highest BCUT2D eigenvalue weighted by Crippen LogP contribution is 2.23. The highest BCUT2D eigenvalue weighted by Gasteiger charge is 2.09. The lowest BCUT2D eigenvalue weighted by molar-refractivity contribution is -0.380. The van der Waals surface area contributed by atoms with Crippen molar-refractivity contribution < 1.29 is 9.72 Å². The molecule has 0 saturated heterocycles. The molecule has 7 heteroatoms. The van der Waals surface area contributed by atoms with Gasteiger partial charge in [0, 0.05) is 29.7 Å². The topological polar surface area (TPSA) is 84.3 Å². The normalized spacial score (nSPS) is 10.6. The molecule has 0 aliphatic rings. The fourth-order valence-corrected chi connectivity index (χ4v) is 2.78. The van der Waals surface area contributed by atoms with E-state index in [0.717, 1.165) is 28.2 Å². The van der Waals surface area contributed by atoms with Crippen LogP contribution in [0.15, 0.2) is 35.7 Å². The van der Waals surface area contributed by atoms with E-state index in [1.165, 1.54) is 0 Å². The van der Waals surface area contributed by atoms with Gasteiger partial charge >= 0.3 is 5.00 Å². The first-order valence-corrected chi connectivity index (χ1v) is 8.16. The third-order valence-corrected chi connectivity index (χ3v) is 4.01. The fraction of sp³-hybridized carbons (Fsp3) is 0.312. The summed E-state index contributed by atoms with van der Waals surface area (Å²) in [6, 6.07) is 9.31. The third-order valence-electron chi connectivity index (χ3n) is 3.08. The van der Waals surface area contributed by atoms with Crippen LogP contribution >= 0.6 is 11.3 Å². The Morgan fingerprint density at radius 2 is 1.96 bits per heavy atom.